The van der Waals surface area contributed by atoms with Crippen LogP contribution in [0.5, 0.6) is 0 Å². The van der Waals surface area contributed by atoms with Crippen LogP contribution in [0.3, 0.4) is 0 Å². The van der Waals surface area contributed by atoms with Gasteiger partial charge in [-0.3, -0.25) is 15.2 Å². The van der Waals surface area contributed by atoms with E-state index in [-0.39, 0.29) is 12.1 Å². The molecule has 0 saturated carbocycles. The molecule has 0 aliphatic carbocycles. The van der Waals surface area contributed by atoms with Crippen molar-refractivity contribution in [2.24, 2.45) is 0 Å². The number of hydrazine groups is 1. The van der Waals surface area contributed by atoms with Crippen LogP contribution < -0.4 is 10.9 Å². The Morgan fingerprint density at radius 3 is 2.75 bits per heavy atom. The van der Waals surface area contributed by atoms with Crippen molar-refractivity contribution in [3.05, 3.63) is 30.1 Å². The van der Waals surface area contributed by atoms with Crippen LogP contribution in [0.25, 0.3) is 0 Å². The molecule has 1 heterocycles. The van der Waals surface area contributed by atoms with Crippen LogP contribution in [0.4, 0.5) is 13.2 Å². The summed E-state index contributed by atoms with van der Waals surface area (Å²) in [6.45, 7) is -0.366. The number of rotatable bonds is 4. The minimum Gasteiger partial charge on any atom is -0.287 e. The molecule has 0 aliphatic rings. The van der Waals surface area contributed by atoms with E-state index in [2.05, 4.69) is 15.8 Å². The molecule has 0 radical (unpaired) electrons. The predicted molar refractivity (Wildman–Crippen MR) is 50.4 cm³/mol. The zero-order valence-corrected chi connectivity index (χ0v) is 8.21. The quantitative estimate of drug-likeness (QED) is 0.608. The molecule has 1 rings (SSSR count). The molecule has 1 aromatic rings. The van der Waals surface area contributed by atoms with Crippen molar-refractivity contribution in [2.45, 2.75) is 12.6 Å². The maximum Gasteiger partial charge on any atom is 0.390 e. The van der Waals surface area contributed by atoms with Crippen molar-refractivity contribution in [3.63, 3.8) is 0 Å². The number of nitrogens with one attached hydrogen (secondary N) is 2. The maximum absolute atomic E-state index is 11.7. The summed E-state index contributed by atoms with van der Waals surface area (Å²) in [5.41, 5.74) is 4.62. The van der Waals surface area contributed by atoms with E-state index in [1.807, 2.05) is 0 Å². The maximum atomic E-state index is 11.7. The molecule has 0 atom stereocenters. The van der Waals surface area contributed by atoms with Crippen LogP contribution in [-0.4, -0.2) is 23.6 Å². The summed E-state index contributed by atoms with van der Waals surface area (Å²) in [5, 5.41) is 0. The fourth-order valence-corrected chi connectivity index (χ4v) is 0.916. The van der Waals surface area contributed by atoms with E-state index >= 15 is 0 Å². The molecule has 1 aromatic heterocycles. The molecule has 2 N–H and O–H groups in total. The second kappa shape index (κ2) is 5.45. The lowest BCUT2D eigenvalue weighted by atomic mass is 10.3. The fraction of sp³-hybridized carbons (Fsp3) is 0.333. The van der Waals surface area contributed by atoms with Crippen molar-refractivity contribution < 1.29 is 18.0 Å². The van der Waals surface area contributed by atoms with Crippen molar-refractivity contribution in [2.75, 3.05) is 6.54 Å². The van der Waals surface area contributed by atoms with Crippen molar-refractivity contribution in [1.29, 1.82) is 0 Å². The topological polar surface area (TPSA) is 54.0 Å². The van der Waals surface area contributed by atoms with E-state index in [1.54, 1.807) is 6.07 Å². The Kier molecular flexibility index (Phi) is 4.24. The van der Waals surface area contributed by atoms with E-state index in [1.165, 1.54) is 18.5 Å². The molecule has 7 heteroatoms. The van der Waals surface area contributed by atoms with Gasteiger partial charge in [0.1, 0.15) is 0 Å². The number of hydrogen-bond acceptors (Lipinski definition) is 3. The van der Waals surface area contributed by atoms with Crippen molar-refractivity contribution >= 4 is 5.91 Å². The Bertz CT molecular complexity index is 340. The Hall–Kier alpha value is -1.63. The summed E-state index contributed by atoms with van der Waals surface area (Å²) in [7, 11) is 0. The highest BCUT2D eigenvalue weighted by molar-refractivity contribution is 5.93. The van der Waals surface area contributed by atoms with Gasteiger partial charge < -0.3 is 0 Å². The SMILES string of the molecule is O=C(NNCCC(F)(F)F)c1cccnc1. The largest absolute Gasteiger partial charge is 0.390 e. The van der Waals surface area contributed by atoms with E-state index in [0.29, 0.717) is 0 Å². The second-order valence-corrected chi connectivity index (χ2v) is 2.99. The smallest absolute Gasteiger partial charge is 0.287 e. The van der Waals surface area contributed by atoms with Gasteiger partial charge in [0.05, 0.1) is 12.0 Å². The first kappa shape index (κ1) is 12.4. The average Bonchev–Trinajstić information content (AvgIpc) is 2.24. The molecule has 0 aromatic carbocycles. The third-order valence-electron chi connectivity index (χ3n) is 1.66. The normalized spacial score (nSPS) is 11.2. The number of pyridine rings is 1. The summed E-state index contributed by atoms with van der Waals surface area (Å²) in [6, 6.07) is 3.07. The number of amides is 1. The Morgan fingerprint density at radius 1 is 1.44 bits per heavy atom. The lowest BCUT2D eigenvalue weighted by molar-refractivity contribution is -0.133. The molecular formula is C9H10F3N3O. The zero-order valence-electron chi connectivity index (χ0n) is 8.21. The lowest BCUT2D eigenvalue weighted by Crippen LogP contribution is -2.39. The molecule has 0 bridgehead atoms. The van der Waals surface area contributed by atoms with Gasteiger partial charge in [-0.15, -0.1) is 0 Å². The van der Waals surface area contributed by atoms with Crippen LogP contribution in [0.15, 0.2) is 24.5 Å². The molecule has 88 valence electrons. The highest BCUT2D eigenvalue weighted by Gasteiger charge is 2.26. The van der Waals surface area contributed by atoms with Gasteiger partial charge in [0, 0.05) is 18.9 Å². The third-order valence-corrected chi connectivity index (χ3v) is 1.66. The number of hydrogen-bond donors (Lipinski definition) is 2. The summed E-state index contributed by atoms with van der Waals surface area (Å²) >= 11 is 0. The third kappa shape index (κ3) is 4.74. The zero-order chi connectivity index (χ0) is 12.0. The van der Waals surface area contributed by atoms with Gasteiger partial charge in [0.2, 0.25) is 0 Å². The minimum atomic E-state index is -4.23. The van der Waals surface area contributed by atoms with Crippen LogP contribution in [0.2, 0.25) is 0 Å². The first-order chi connectivity index (χ1) is 7.49. The van der Waals surface area contributed by atoms with E-state index in [0.717, 1.165) is 0 Å². The van der Waals surface area contributed by atoms with Gasteiger partial charge in [-0.25, -0.2) is 5.43 Å². The van der Waals surface area contributed by atoms with Gasteiger partial charge in [-0.2, -0.15) is 13.2 Å². The van der Waals surface area contributed by atoms with E-state index < -0.39 is 18.5 Å². The highest BCUT2D eigenvalue weighted by atomic mass is 19.4. The van der Waals surface area contributed by atoms with Crippen molar-refractivity contribution in [1.82, 2.24) is 15.8 Å². The summed E-state index contributed by atoms with van der Waals surface area (Å²) in [5.74, 6) is -0.518. The number of carbonyl (C=O) groups excluding carboxylic acids is 1. The number of alkyl halides is 3. The minimum absolute atomic E-state index is 0.280. The molecule has 0 aliphatic heterocycles. The van der Waals surface area contributed by atoms with Crippen LogP contribution in [0, 0.1) is 0 Å². The number of halogens is 3. The Labute approximate surface area is 89.8 Å². The first-order valence-corrected chi connectivity index (χ1v) is 4.49. The first-order valence-electron chi connectivity index (χ1n) is 4.49. The number of nitrogens with zero attached hydrogens (tertiary/aromatic N) is 1. The molecule has 4 nitrogen and oxygen atoms in total. The van der Waals surface area contributed by atoms with Gasteiger partial charge in [0.15, 0.2) is 0 Å². The second-order valence-electron chi connectivity index (χ2n) is 2.99. The average molecular weight is 233 g/mol. The summed E-state index contributed by atoms with van der Waals surface area (Å²) in [4.78, 5) is 15.0. The summed E-state index contributed by atoms with van der Waals surface area (Å²) in [6.07, 6.45) is -2.42. The standard InChI is InChI=1S/C9H10F3N3O/c10-9(11,12)3-5-14-15-8(16)7-2-1-4-13-6-7/h1-2,4,6,14H,3,5H2,(H,15,16). The van der Waals surface area contributed by atoms with Crippen LogP contribution in [0.1, 0.15) is 16.8 Å². The molecule has 0 fully saturated rings. The Balaban J connectivity index is 2.27. The highest BCUT2D eigenvalue weighted by Crippen LogP contribution is 2.17. The van der Waals surface area contributed by atoms with Crippen molar-refractivity contribution in [3.8, 4) is 0 Å². The summed E-state index contributed by atoms with van der Waals surface area (Å²) < 4.78 is 35.2. The lowest BCUT2D eigenvalue weighted by Gasteiger charge is -2.08. The van der Waals surface area contributed by atoms with Gasteiger partial charge in [0.25, 0.3) is 5.91 Å². The fourth-order valence-electron chi connectivity index (χ4n) is 0.916. The number of carbonyl (C=O) groups is 1. The monoisotopic (exact) mass is 233 g/mol. The van der Waals surface area contributed by atoms with E-state index in [9.17, 15) is 18.0 Å². The molecule has 0 unspecified atom stereocenters. The molecule has 0 spiro atoms. The van der Waals surface area contributed by atoms with Crippen LogP contribution in [-0.2, 0) is 0 Å². The molecule has 0 saturated heterocycles. The molecule has 1 amide bonds. The van der Waals surface area contributed by atoms with Crippen LogP contribution >= 0.6 is 0 Å². The van der Waals surface area contributed by atoms with Gasteiger partial charge in [-0.05, 0) is 12.1 Å². The van der Waals surface area contributed by atoms with Gasteiger partial charge in [-0.1, -0.05) is 0 Å². The van der Waals surface area contributed by atoms with Gasteiger partial charge >= 0.3 is 6.18 Å². The number of aromatic nitrogens is 1. The molecule has 16 heavy (non-hydrogen) atoms. The van der Waals surface area contributed by atoms with E-state index in [4.69, 9.17) is 0 Å². The Morgan fingerprint density at radius 2 is 2.19 bits per heavy atom. The predicted octanol–water partition coefficient (Wildman–Crippen LogP) is 1.27. The molecular weight excluding hydrogens is 223 g/mol.